The highest BCUT2D eigenvalue weighted by Gasteiger charge is 2.27. The van der Waals surface area contributed by atoms with Crippen molar-refractivity contribution in [2.24, 2.45) is 0 Å². The molecule has 0 saturated carbocycles. The largest absolute Gasteiger partial charge is 0.376 e. The van der Waals surface area contributed by atoms with Crippen molar-refractivity contribution in [3.63, 3.8) is 0 Å². The van der Waals surface area contributed by atoms with Crippen molar-refractivity contribution in [3.8, 4) is 0 Å². The lowest BCUT2D eigenvalue weighted by molar-refractivity contribution is 0.0917. The van der Waals surface area contributed by atoms with Gasteiger partial charge in [0.25, 0.3) is 5.91 Å². The van der Waals surface area contributed by atoms with Crippen LogP contribution in [-0.2, 0) is 11.2 Å². The first-order valence-electron chi connectivity index (χ1n) is 9.65. The average molecular weight is 413 g/mol. The van der Waals surface area contributed by atoms with E-state index in [-0.39, 0.29) is 12.0 Å². The number of carbonyl (C=O) groups excluding carboxylic acids is 1. The van der Waals surface area contributed by atoms with Crippen LogP contribution >= 0.6 is 23.1 Å². The Bertz CT molecular complexity index is 962. The second-order valence-corrected chi connectivity index (χ2v) is 8.82. The molecule has 6 heteroatoms. The van der Waals surface area contributed by atoms with Crippen LogP contribution in [0.15, 0.2) is 47.4 Å². The molecule has 1 atom stereocenters. The fourth-order valence-electron chi connectivity index (χ4n) is 3.42. The predicted octanol–water partition coefficient (Wildman–Crippen LogP) is 5.41. The minimum Gasteiger partial charge on any atom is -0.376 e. The lowest BCUT2D eigenvalue weighted by Gasteiger charge is -2.23. The van der Waals surface area contributed by atoms with E-state index >= 15 is 0 Å². The SMILES string of the molecule is CCc1ccc2nc(N(CC3CCCO3)C(=O)c3ccc(SC)cc3)sc2c1. The number of thioether (sulfide) groups is 1. The van der Waals surface area contributed by atoms with Gasteiger partial charge in [0.2, 0.25) is 0 Å². The van der Waals surface area contributed by atoms with Crippen LogP contribution in [-0.4, -0.2) is 36.4 Å². The molecule has 1 aliphatic heterocycles. The molecule has 0 N–H and O–H groups in total. The number of anilines is 1. The van der Waals surface area contributed by atoms with Crippen LogP contribution in [0.3, 0.4) is 0 Å². The fourth-order valence-corrected chi connectivity index (χ4v) is 4.87. The summed E-state index contributed by atoms with van der Waals surface area (Å²) < 4.78 is 6.94. The summed E-state index contributed by atoms with van der Waals surface area (Å²) in [5, 5.41) is 0.748. The number of carbonyl (C=O) groups is 1. The van der Waals surface area contributed by atoms with E-state index in [1.807, 2.05) is 30.5 Å². The maximum Gasteiger partial charge on any atom is 0.260 e. The first kappa shape index (κ1) is 19.4. The van der Waals surface area contributed by atoms with Crippen LogP contribution < -0.4 is 4.90 Å². The number of hydrogen-bond acceptors (Lipinski definition) is 5. The monoisotopic (exact) mass is 412 g/mol. The van der Waals surface area contributed by atoms with Crippen molar-refractivity contribution in [1.82, 2.24) is 4.98 Å². The third-order valence-corrected chi connectivity index (χ3v) is 6.86. The van der Waals surface area contributed by atoms with Gasteiger partial charge in [0.1, 0.15) is 0 Å². The molecule has 1 amide bonds. The van der Waals surface area contributed by atoms with E-state index in [2.05, 4.69) is 25.1 Å². The highest BCUT2D eigenvalue weighted by Crippen LogP contribution is 2.32. The lowest BCUT2D eigenvalue weighted by Crippen LogP contribution is -2.37. The molecule has 2 aromatic carbocycles. The normalized spacial score (nSPS) is 16.6. The molecule has 4 rings (SSSR count). The molecule has 1 saturated heterocycles. The molecule has 146 valence electrons. The van der Waals surface area contributed by atoms with E-state index in [9.17, 15) is 4.79 Å². The molecular formula is C22H24N2O2S2. The standard InChI is InChI=1S/C22H24N2O2S2/c1-3-15-6-11-19-20(13-15)28-22(23-19)24(14-17-5-4-12-26-17)21(25)16-7-9-18(27-2)10-8-16/h6-11,13,17H,3-5,12,14H2,1-2H3. The quantitative estimate of drug-likeness (QED) is 0.508. The summed E-state index contributed by atoms with van der Waals surface area (Å²) in [7, 11) is 0. The number of ether oxygens (including phenoxy) is 1. The Labute approximate surface area is 173 Å². The summed E-state index contributed by atoms with van der Waals surface area (Å²) in [4.78, 5) is 21.1. The van der Waals surface area contributed by atoms with Crippen molar-refractivity contribution in [1.29, 1.82) is 0 Å². The summed E-state index contributed by atoms with van der Waals surface area (Å²) in [5.74, 6) is -0.0158. The zero-order valence-electron chi connectivity index (χ0n) is 16.2. The van der Waals surface area contributed by atoms with Crippen LogP contribution in [0.2, 0.25) is 0 Å². The van der Waals surface area contributed by atoms with Gasteiger partial charge in [-0.1, -0.05) is 24.3 Å². The Morgan fingerprint density at radius 3 is 2.79 bits per heavy atom. The highest BCUT2D eigenvalue weighted by atomic mass is 32.2. The smallest absolute Gasteiger partial charge is 0.260 e. The van der Waals surface area contributed by atoms with Crippen LogP contribution in [0.5, 0.6) is 0 Å². The summed E-state index contributed by atoms with van der Waals surface area (Å²) >= 11 is 3.25. The topological polar surface area (TPSA) is 42.4 Å². The number of fused-ring (bicyclic) bond motifs is 1. The van der Waals surface area contributed by atoms with Gasteiger partial charge in [0, 0.05) is 17.1 Å². The minimum atomic E-state index is -0.0158. The van der Waals surface area contributed by atoms with Gasteiger partial charge in [0.05, 0.1) is 22.9 Å². The number of nitrogens with zero attached hydrogens (tertiary/aromatic N) is 2. The zero-order valence-corrected chi connectivity index (χ0v) is 17.8. The van der Waals surface area contributed by atoms with Crippen molar-refractivity contribution >= 4 is 44.4 Å². The molecule has 1 unspecified atom stereocenters. The highest BCUT2D eigenvalue weighted by molar-refractivity contribution is 7.98. The molecule has 3 aromatic rings. The molecule has 2 heterocycles. The van der Waals surface area contributed by atoms with E-state index in [0.29, 0.717) is 12.1 Å². The fraction of sp³-hybridized carbons (Fsp3) is 0.364. The Hall–Kier alpha value is -1.89. The van der Waals surface area contributed by atoms with E-state index < -0.39 is 0 Å². The summed E-state index contributed by atoms with van der Waals surface area (Å²) in [5.41, 5.74) is 2.91. The summed E-state index contributed by atoms with van der Waals surface area (Å²) in [6, 6.07) is 14.1. The molecule has 1 fully saturated rings. The van der Waals surface area contributed by atoms with Crippen LogP contribution in [0.1, 0.15) is 35.7 Å². The number of benzene rings is 2. The summed E-state index contributed by atoms with van der Waals surface area (Å²) in [6.45, 7) is 3.47. The van der Waals surface area contributed by atoms with Gasteiger partial charge in [-0.25, -0.2) is 4.98 Å². The van der Waals surface area contributed by atoms with E-state index in [0.717, 1.165) is 46.1 Å². The molecule has 28 heavy (non-hydrogen) atoms. The molecule has 1 aliphatic rings. The van der Waals surface area contributed by atoms with Crippen molar-refractivity contribution in [3.05, 3.63) is 53.6 Å². The maximum atomic E-state index is 13.4. The molecule has 0 spiro atoms. The number of thiazole rings is 1. The summed E-state index contributed by atoms with van der Waals surface area (Å²) in [6.07, 6.45) is 5.14. The first-order valence-corrected chi connectivity index (χ1v) is 11.7. The van der Waals surface area contributed by atoms with E-state index in [1.165, 1.54) is 5.56 Å². The van der Waals surface area contributed by atoms with Gasteiger partial charge >= 0.3 is 0 Å². The lowest BCUT2D eigenvalue weighted by atomic mass is 10.1. The molecule has 0 bridgehead atoms. The van der Waals surface area contributed by atoms with Gasteiger partial charge in [-0.05, 0) is 67.5 Å². The van der Waals surface area contributed by atoms with Gasteiger partial charge < -0.3 is 4.74 Å². The van der Waals surface area contributed by atoms with Gasteiger partial charge in [-0.15, -0.1) is 11.8 Å². The number of aryl methyl sites for hydroxylation is 1. The van der Waals surface area contributed by atoms with E-state index in [4.69, 9.17) is 9.72 Å². The van der Waals surface area contributed by atoms with Gasteiger partial charge in [-0.3, -0.25) is 9.69 Å². The number of amides is 1. The second-order valence-electron chi connectivity index (χ2n) is 6.93. The third kappa shape index (κ3) is 4.09. The Kier molecular flexibility index (Phi) is 5.99. The Morgan fingerprint density at radius 2 is 2.11 bits per heavy atom. The molecule has 1 aromatic heterocycles. The van der Waals surface area contributed by atoms with Crippen molar-refractivity contribution < 1.29 is 9.53 Å². The molecule has 4 nitrogen and oxygen atoms in total. The number of aromatic nitrogens is 1. The van der Waals surface area contributed by atoms with Gasteiger partial charge in [0.15, 0.2) is 5.13 Å². The van der Waals surface area contributed by atoms with Gasteiger partial charge in [-0.2, -0.15) is 0 Å². The van der Waals surface area contributed by atoms with Crippen LogP contribution in [0.25, 0.3) is 10.2 Å². The average Bonchev–Trinajstić information content (AvgIpc) is 3.40. The number of hydrogen-bond donors (Lipinski definition) is 0. The maximum absolute atomic E-state index is 13.4. The third-order valence-electron chi connectivity index (χ3n) is 5.07. The Balaban J connectivity index is 1.68. The van der Waals surface area contributed by atoms with E-state index in [1.54, 1.807) is 28.0 Å². The minimum absolute atomic E-state index is 0.0158. The second kappa shape index (κ2) is 8.64. The zero-order chi connectivity index (χ0) is 19.5. The molecular weight excluding hydrogens is 388 g/mol. The van der Waals surface area contributed by atoms with Crippen molar-refractivity contribution in [2.45, 2.75) is 37.2 Å². The molecule has 0 aliphatic carbocycles. The Morgan fingerprint density at radius 1 is 1.29 bits per heavy atom. The van der Waals surface area contributed by atoms with Crippen LogP contribution in [0, 0.1) is 0 Å². The number of rotatable bonds is 6. The van der Waals surface area contributed by atoms with Crippen molar-refractivity contribution in [2.75, 3.05) is 24.3 Å². The predicted molar refractivity (Wildman–Crippen MR) is 118 cm³/mol. The molecule has 0 radical (unpaired) electrons. The van der Waals surface area contributed by atoms with Crippen LogP contribution in [0.4, 0.5) is 5.13 Å². The first-order chi connectivity index (χ1) is 13.7.